The Kier molecular flexibility index (Phi) is 12.6. The molecule has 3 rings (SSSR count). The van der Waals surface area contributed by atoms with Crippen LogP contribution in [-0.4, -0.2) is 46.5 Å². The molecular weight excluding hydrogens is 572 g/mol. The van der Waals surface area contributed by atoms with E-state index in [2.05, 4.69) is 83.4 Å². The largest absolute Gasteiger partial charge is 0.481 e. The standard InChI is InChI=1S/C36H44N2O5S/c1-26(2)32(38-34(42)43-35(3,4)5)33(41)37-30(25-31(39)40)23-15-16-24-44-36(27-17-9-6-10-18-27,28-19-11-7-12-20-28)29-21-13-8-14-22-29/h6-15,17-23,26,30,32H,16,24-25H2,1-5H3,(H,37,41)(H,38,42)(H,39,40). The monoisotopic (exact) mass is 616 g/mol. The number of carbonyl (C=O) groups is 3. The van der Waals surface area contributed by atoms with E-state index >= 15 is 0 Å². The number of ether oxygens (including phenoxy) is 1. The van der Waals surface area contributed by atoms with Gasteiger partial charge < -0.3 is 20.5 Å². The highest BCUT2D eigenvalue weighted by Gasteiger charge is 2.36. The molecule has 0 aliphatic rings. The zero-order chi connectivity index (χ0) is 32.2. The van der Waals surface area contributed by atoms with Gasteiger partial charge in [0.05, 0.1) is 17.2 Å². The second-order valence-corrected chi connectivity index (χ2v) is 13.2. The number of aliphatic carboxylic acids is 1. The van der Waals surface area contributed by atoms with Gasteiger partial charge in [-0.05, 0) is 55.6 Å². The Morgan fingerprint density at radius 1 is 0.818 bits per heavy atom. The van der Waals surface area contributed by atoms with Gasteiger partial charge in [0, 0.05) is 0 Å². The van der Waals surface area contributed by atoms with Gasteiger partial charge in [-0.25, -0.2) is 4.79 Å². The molecule has 0 aliphatic heterocycles. The number of rotatable bonds is 14. The molecule has 2 unspecified atom stereocenters. The maximum Gasteiger partial charge on any atom is 0.408 e. The number of amides is 2. The van der Waals surface area contributed by atoms with Gasteiger partial charge in [-0.1, -0.05) is 117 Å². The maximum absolute atomic E-state index is 13.2. The molecule has 0 saturated carbocycles. The van der Waals surface area contributed by atoms with Gasteiger partial charge >= 0.3 is 12.1 Å². The topological polar surface area (TPSA) is 105 Å². The second-order valence-electron chi connectivity index (χ2n) is 11.9. The molecule has 0 aliphatic carbocycles. The number of nitrogens with one attached hydrogen (secondary N) is 2. The lowest BCUT2D eigenvalue weighted by Gasteiger charge is -2.35. The molecule has 0 saturated heterocycles. The van der Waals surface area contributed by atoms with Crippen LogP contribution < -0.4 is 10.6 Å². The number of benzene rings is 3. The molecule has 2 atom stereocenters. The van der Waals surface area contributed by atoms with Crippen molar-refractivity contribution in [1.82, 2.24) is 10.6 Å². The van der Waals surface area contributed by atoms with E-state index < -0.39 is 40.4 Å². The zero-order valence-electron chi connectivity index (χ0n) is 26.2. The molecule has 8 heteroatoms. The summed E-state index contributed by atoms with van der Waals surface area (Å²) in [5.74, 6) is -1.01. The van der Waals surface area contributed by atoms with Crippen molar-refractivity contribution in [2.75, 3.05) is 5.75 Å². The summed E-state index contributed by atoms with van der Waals surface area (Å²) >= 11 is 1.81. The maximum atomic E-state index is 13.2. The van der Waals surface area contributed by atoms with Gasteiger partial charge in [0.15, 0.2) is 0 Å². The highest BCUT2D eigenvalue weighted by Crippen LogP contribution is 2.48. The number of carbonyl (C=O) groups excluding carboxylic acids is 2. The molecule has 0 heterocycles. The van der Waals surface area contributed by atoms with E-state index in [1.54, 1.807) is 40.7 Å². The quantitative estimate of drug-likeness (QED) is 0.101. The van der Waals surface area contributed by atoms with Gasteiger partial charge in [-0.15, -0.1) is 11.8 Å². The Labute approximate surface area is 265 Å². The minimum atomic E-state index is -1.04. The van der Waals surface area contributed by atoms with Gasteiger partial charge in [-0.2, -0.15) is 0 Å². The number of carboxylic acids is 1. The summed E-state index contributed by atoms with van der Waals surface area (Å²) in [5, 5.41) is 14.9. The number of carboxylic acid groups (broad SMARTS) is 1. The van der Waals surface area contributed by atoms with Crippen molar-refractivity contribution in [2.45, 2.75) is 69.9 Å². The number of allylic oxidation sites excluding steroid dienone is 1. The normalized spacial score (nSPS) is 13.3. The summed E-state index contributed by atoms with van der Waals surface area (Å²) in [7, 11) is 0. The summed E-state index contributed by atoms with van der Waals surface area (Å²) < 4.78 is 4.86. The Morgan fingerprint density at radius 2 is 1.30 bits per heavy atom. The lowest BCUT2D eigenvalue weighted by atomic mass is 9.84. The molecule has 0 bridgehead atoms. The molecule has 2 amide bonds. The highest BCUT2D eigenvalue weighted by molar-refractivity contribution is 8.00. The second kappa shape index (κ2) is 16.1. The van der Waals surface area contributed by atoms with E-state index in [0.29, 0.717) is 6.42 Å². The van der Waals surface area contributed by atoms with Crippen LogP contribution in [0.4, 0.5) is 4.79 Å². The van der Waals surface area contributed by atoms with Crippen molar-refractivity contribution in [1.29, 1.82) is 0 Å². The van der Waals surface area contributed by atoms with Crippen LogP contribution in [0.3, 0.4) is 0 Å². The first-order valence-electron chi connectivity index (χ1n) is 14.9. The van der Waals surface area contributed by atoms with Crippen LogP contribution >= 0.6 is 11.8 Å². The van der Waals surface area contributed by atoms with Gasteiger partial charge in [0.25, 0.3) is 0 Å². The fourth-order valence-corrected chi connectivity index (χ4v) is 6.37. The van der Waals surface area contributed by atoms with E-state index in [-0.39, 0.29) is 12.3 Å². The van der Waals surface area contributed by atoms with E-state index in [4.69, 9.17) is 4.74 Å². The van der Waals surface area contributed by atoms with E-state index in [9.17, 15) is 19.5 Å². The van der Waals surface area contributed by atoms with Crippen molar-refractivity contribution in [2.24, 2.45) is 5.92 Å². The molecular formula is C36H44N2O5S. The third-order valence-electron chi connectivity index (χ3n) is 6.86. The SMILES string of the molecule is CC(C)C(NC(=O)OC(C)(C)C)C(=O)NC(C=CCCSC(c1ccccc1)(c1ccccc1)c1ccccc1)CC(=O)O. The van der Waals surface area contributed by atoms with Crippen LogP contribution in [0.15, 0.2) is 103 Å². The Balaban J connectivity index is 1.78. The number of alkyl carbamates (subject to hydrolysis) is 1. The van der Waals surface area contributed by atoms with Gasteiger partial charge in [0.1, 0.15) is 11.6 Å². The average Bonchev–Trinajstić information content (AvgIpc) is 2.98. The molecule has 3 aromatic carbocycles. The van der Waals surface area contributed by atoms with Crippen LogP contribution in [0.25, 0.3) is 0 Å². The molecule has 7 nitrogen and oxygen atoms in total. The minimum absolute atomic E-state index is 0.240. The van der Waals surface area contributed by atoms with E-state index in [0.717, 1.165) is 5.75 Å². The van der Waals surface area contributed by atoms with Crippen LogP contribution in [0, 0.1) is 5.92 Å². The van der Waals surface area contributed by atoms with Crippen molar-refractivity contribution < 1.29 is 24.2 Å². The minimum Gasteiger partial charge on any atom is -0.481 e. The van der Waals surface area contributed by atoms with Gasteiger partial charge in [-0.3, -0.25) is 9.59 Å². The Bertz CT molecular complexity index is 1280. The highest BCUT2D eigenvalue weighted by atomic mass is 32.2. The molecule has 3 N–H and O–H groups in total. The number of hydrogen-bond donors (Lipinski definition) is 3. The van der Waals surface area contributed by atoms with Crippen LogP contribution in [0.2, 0.25) is 0 Å². The van der Waals surface area contributed by atoms with Crippen molar-refractivity contribution in [3.63, 3.8) is 0 Å². The molecule has 0 fully saturated rings. The third-order valence-corrected chi connectivity index (χ3v) is 8.44. The fourth-order valence-electron chi connectivity index (χ4n) is 4.91. The Hall–Kier alpha value is -4.04. The van der Waals surface area contributed by atoms with E-state index in [1.807, 2.05) is 36.0 Å². The third kappa shape index (κ3) is 10.0. The lowest BCUT2D eigenvalue weighted by Crippen LogP contribution is -2.53. The first-order valence-corrected chi connectivity index (χ1v) is 15.9. The molecule has 0 radical (unpaired) electrons. The molecule has 234 valence electrons. The Morgan fingerprint density at radius 3 is 1.70 bits per heavy atom. The van der Waals surface area contributed by atoms with Crippen molar-refractivity contribution in [3.8, 4) is 0 Å². The first kappa shape index (κ1) is 34.5. The van der Waals surface area contributed by atoms with Crippen molar-refractivity contribution >= 4 is 29.7 Å². The number of hydrogen-bond acceptors (Lipinski definition) is 5. The zero-order valence-corrected chi connectivity index (χ0v) is 27.0. The summed E-state index contributed by atoms with van der Waals surface area (Å²) in [6, 6.07) is 29.6. The van der Waals surface area contributed by atoms with Crippen LogP contribution in [0.1, 0.15) is 64.2 Å². The average molecular weight is 617 g/mol. The number of thioether (sulfide) groups is 1. The lowest BCUT2D eigenvalue weighted by molar-refractivity contribution is -0.137. The molecule has 0 spiro atoms. The van der Waals surface area contributed by atoms with Gasteiger partial charge in [0.2, 0.25) is 5.91 Å². The summed E-state index contributed by atoms with van der Waals surface area (Å²) in [6.45, 7) is 8.84. The smallest absolute Gasteiger partial charge is 0.408 e. The van der Waals surface area contributed by atoms with Crippen molar-refractivity contribution in [3.05, 3.63) is 120 Å². The van der Waals surface area contributed by atoms with E-state index in [1.165, 1.54) is 16.7 Å². The summed E-state index contributed by atoms with van der Waals surface area (Å²) in [4.78, 5) is 37.1. The van der Waals surface area contributed by atoms with Crippen LogP contribution in [-0.2, 0) is 19.1 Å². The summed E-state index contributed by atoms with van der Waals surface area (Å²) in [6.07, 6.45) is 3.31. The molecule has 44 heavy (non-hydrogen) atoms. The molecule has 3 aromatic rings. The predicted molar refractivity (Wildman–Crippen MR) is 178 cm³/mol. The summed E-state index contributed by atoms with van der Waals surface area (Å²) in [5.41, 5.74) is 2.78. The predicted octanol–water partition coefficient (Wildman–Crippen LogP) is 7.17. The van der Waals surface area contributed by atoms with Crippen LogP contribution in [0.5, 0.6) is 0 Å². The fraction of sp³-hybridized carbons (Fsp3) is 0.361. The molecule has 0 aromatic heterocycles. The first-order chi connectivity index (χ1) is 20.9.